The van der Waals surface area contributed by atoms with E-state index in [1.807, 2.05) is 6.07 Å². The standard InChI is InChI=1S/C22H24Cl2FN5O.CH5N/c1-26-20-7-17(16-4-5-29(10-19(16)25)15-11-31-12-15)18(23)6-13(20)8-27-21-9-28-30(22(21)24)14-2-3-14;1-2/h6-9,14-16,19H,1-5,10-12H2;2H2,1H3. The molecule has 0 radical (unpaired) electrons. The molecule has 0 amide bonds. The fraction of sp³-hybridized carbons (Fsp3) is 0.522. The number of piperidine rings is 1. The van der Waals surface area contributed by atoms with Gasteiger partial charge in [-0.1, -0.05) is 23.2 Å². The van der Waals surface area contributed by atoms with Crippen LogP contribution in [-0.4, -0.2) is 73.2 Å². The third-order valence-electron chi connectivity index (χ3n) is 6.38. The summed E-state index contributed by atoms with van der Waals surface area (Å²) in [7, 11) is 1.50. The zero-order chi connectivity index (χ0) is 23.5. The van der Waals surface area contributed by atoms with E-state index in [1.54, 1.807) is 23.2 Å². The van der Waals surface area contributed by atoms with E-state index in [2.05, 4.69) is 32.4 Å². The van der Waals surface area contributed by atoms with Gasteiger partial charge in [-0.3, -0.25) is 14.9 Å². The topological polar surface area (TPSA) is 81.0 Å². The highest BCUT2D eigenvalue weighted by Gasteiger charge is 2.37. The molecule has 3 heterocycles. The Kier molecular flexibility index (Phi) is 7.81. The number of aliphatic imine (C=N–C) groups is 2. The molecule has 2 unspecified atom stereocenters. The molecule has 2 N–H and O–H groups in total. The van der Waals surface area contributed by atoms with Crippen molar-refractivity contribution in [3.63, 3.8) is 0 Å². The second kappa shape index (κ2) is 10.6. The number of rotatable bonds is 6. The SMILES string of the molecule is C=Nc1cc(C2CCN(C3COC3)CC2F)c(Cl)cc1C=Nc1cnn(C2CC2)c1Cl.CN. The van der Waals surface area contributed by atoms with Gasteiger partial charge < -0.3 is 10.5 Å². The lowest BCUT2D eigenvalue weighted by Crippen LogP contribution is -2.54. The quantitative estimate of drug-likeness (QED) is 0.589. The monoisotopic (exact) mass is 494 g/mol. The molecule has 1 aromatic heterocycles. The Morgan fingerprint density at radius 2 is 1.94 bits per heavy atom. The normalized spacial score (nSPS) is 23.8. The van der Waals surface area contributed by atoms with E-state index in [1.165, 1.54) is 7.05 Å². The van der Waals surface area contributed by atoms with Crippen molar-refractivity contribution in [1.29, 1.82) is 0 Å². The second-order valence-electron chi connectivity index (χ2n) is 8.44. The lowest BCUT2D eigenvalue weighted by molar-refractivity contribution is -0.0806. The van der Waals surface area contributed by atoms with Crippen LogP contribution in [0.1, 0.15) is 42.3 Å². The number of halogens is 3. The minimum atomic E-state index is -0.990. The van der Waals surface area contributed by atoms with Gasteiger partial charge in [-0.05, 0) is 57.3 Å². The van der Waals surface area contributed by atoms with E-state index in [4.69, 9.17) is 27.9 Å². The number of nitrogens with zero attached hydrogens (tertiary/aromatic N) is 5. The van der Waals surface area contributed by atoms with Gasteiger partial charge in [0.2, 0.25) is 0 Å². The van der Waals surface area contributed by atoms with Crippen LogP contribution >= 0.6 is 23.2 Å². The molecule has 5 rings (SSSR count). The summed E-state index contributed by atoms with van der Waals surface area (Å²) in [5.41, 5.74) is 7.20. The number of aromatic nitrogens is 2. The lowest BCUT2D eigenvalue weighted by Gasteiger charge is -2.43. The highest BCUT2D eigenvalue weighted by molar-refractivity contribution is 6.32. The van der Waals surface area contributed by atoms with Gasteiger partial charge in [0, 0.05) is 29.3 Å². The van der Waals surface area contributed by atoms with Gasteiger partial charge in [0.05, 0.1) is 37.2 Å². The molecule has 1 aromatic carbocycles. The summed E-state index contributed by atoms with van der Waals surface area (Å²) in [5, 5.41) is 5.36. The highest BCUT2D eigenvalue weighted by Crippen LogP contribution is 2.40. The second-order valence-corrected chi connectivity index (χ2v) is 9.21. The van der Waals surface area contributed by atoms with E-state index < -0.39 is 6.17 Å². The Hall–Kier alpha value is -1.84. The molecule has 33 heavy (non-hydrogen) atoms. The van der Waals surface area contributed by atoms with Gasteiger partial charge in [-0.15, -0.1) is 0 Å². The Labute approximate surface area is 203 Å². The average molecular weight is 495 g/mol. The van der Waals surface area contributed by atoms with E-state index in [-0.39, 0.29) is 5.92 Å². The summed E-state index contributed by atoms with van der Waals surface area (Å²) in [6, 6.07) is 4.34. The number of benzene rings is 1. The average Bonchev–Trinajstić information content (AvgIpc) is 3.56. The first-order valence-corrected chi connectivity index (χ1v) is 11.9. The minimum absolute atomic E-state index is 0.262. The van der Waals surface area contributed by atoms with Crippen molar-refractivity contribution in [3.05, 3.63) is 39.6 Å². The van der Waals surface area contributed by atoms with Crippen LogP contribution in [0.15, 0.2) is 28.3 Å². The predicted molar refractivity (Wildman–Crippen MR) is 132 cm³/mol. The third kappa shape index (κ3) is 5.15. The van der Waals surface area contributed by atoms with E-state index in [0.717, 1.165) is 24.9 Å². The molecule has 2 aromatic rings. The molecule has 2 saturated heterocycles. The lowest BCUT2D eigenvalue weighted by atomic mass is 9.86. The molecule has 7 nitrogen and oxygen atoms in total. The Balaban J connectivity index is 0.00000126. The van der Waals surface area contributed by atoms with Crippen LogP contribution in [-0.2, 0) is 4.74 Å². The van der Waals surface area contributed by atoms with Crippen LogP contribution in [0.4, 0.5) is 15.8 Å². The Morgan fingerprint density at radius 1 is 1.18 bits per heavy atom. The number of nitrogens with two attached hydrogens (primary N) is 1. The van der Waals surface area contributed by atoms with Gasteiger partial charge in [-0.2, -0.15) is 5.10 Å². The maximum atomic E-state index is 15.1. The van der Waals surface area contributed by atoms with Gasteiger partial charge >= 0.3 is 0 Å². The van der Waals surface area contributed by atoms with Crippen molar-refractivity contribution < 1.29 is 9.13 Å². The molecule has 178 valence electrons. The highest BCUT2D eigenvalue weighted by atomic mass is 35.5. The van der Waals surface area contributed by atoms with E-state index in [9.17, 15) is 0 Å². The maximum Gasteiger partial charge on any atom is 0.153 e. The van der Waals surface area contributed by atoms with E-state index >= 15 is 4.39 Å². The molecule has 1 aliphatic carbocycles. The molecule has 0 spiro atoms. The summed E-state index contributed by atoms with van der Waals surface area (Å²) in [6.07, 6.45) is 5.21. The molecule has 10 heteroatoms. The molecule has 2 atom stereocenters. The van der Waals surface area contributed by atoms with Gasteiger partial charge in [0.1, 0.15) is 11.9 Å². The zero-order valence-corrected chi connectivity index (χ0v) is 20.1. The largest absolute Gasteiger partial charge is 0.378 e. The first-order chi connectivity index (χ1) is 16.0. The third-order valence-corrected chi connectivity index (χ3v) is 7.07. The fourth-order valence-electron chi connectivity index (χ4n) is 4.30. The zero-order valence-electron chi connectivity index (χ0n) is 18.6. The van der Waals surface area contributed by atoms with Crippen LogP contribution in [0.2, 0.25) is 10.2 Å². The maximum absolute atomic E-state index is 15.1. The van der Waals surface area contributed by atoms with Crippen molar-refractivity contribution >= 4 is 47.5 Å². The number of hydrogen-bond donors (Lipinski definition) is 1. The number of likely N-dealkylation sites (tertiary alicyclic amines) is 1. The van der Waals surface area contributed by atoms with Crippen molar-refractivity contribution in [2.45, 2.75) is 43.4 Å². The summed E-state index contributed by atoms with van der Waals surface area (Å²) in [6.45, 7) is 6.30. The van der Waals surface area contributed by atoms with Crippen molar-refractivity contribution in [1.82, 2.24) is 14.7 Å². The van der Waals surface area contributed by atoms with Crippen molar-refractivity contribution in [2.75, 3.05) is 33.4 Å². The fourth-order valence-corrected chi connectivity index (χ4v) is 4.89. The molecule has 3 aliphatic rings. The smallest absolute Gasteiger partial charge is 0.153 e. The summed E-state index contributed by atoms with van der Waals surface area (Å²) < 4.78 is 22.1. The molecular weight excluding hydrogens is 466 g/mol. The van der Waals surface area contributed by atoms with Crippen LogP contribution in [0, 0.1) is 0 Å². The molecular formula is C23H29Cl2FN6O. The first-order valence-electron chi connectivity index (χ1n) is 11.2. The van der Waals surface area contributed by atoms with Crippen molar-refractivity contribution in [3.8, 4) is 0 Å². The van der Waals surface area contributed by atoms with Gasteiger partial charge in [-0.25, -0.2) is 9.07 Å². The summed E-state index contributed by atoms with van der Waals surface area (Å²) in [4.78, 5) is 10.8. The van der Waals surface area contributed by atoms with Crippen LogP contribution in [0.25, 0.3) is 0 Å². The molecule has 2 aliphatic heterocycles. The van der Waals surface area contributed by atoms with E-state index in [0.29, 0.717) is 65.4 Å². The van der Waals surface area contributed by atoms with Crippen LogP contribution in [0.3, 0.4) is 0 Å². The van der Waals surface area contributed by atoms with Gasteiger partial charge in [0.25, 0.3) is 0 Å². The number of hydrogen-bond acceptors (Lipinski definition) is 6. The van der Waals surface area contributed by atoms with Gasteiger partial charge in [0.15, 0.2) is 5.15 Å². The molecule has 0 bridgehead atoms. The number of alkyl halides is 1. The van der Waals surface area contributed by atoms with Crippen molar-refractivity contribution in [2.24, 2.45) is 15.7 Å². The summed E-state index contributed by atoms with van der Waals surface area (Å²) >= 11 is 13.0. The van der Waals surface area contributed by atoms with Crippen LogP contribution < -0.4 is 5.73 Å². The predicted octanol–water partition coefficient (Wildman–Crippen LogP) is 4.71. The van der Waals surface area contributed by atoms with Crippen LogP contribution in [0.5, 0.6) is 0 Å². The minimum Gasteiger partial charge on any atom is -0.378 e. The molecule has 3 fully saturated rings. The summed E-state index contributed by atoms with van der Waals surface area (Å²) in [5.74, 6) is -0.262. The Morgan fingerprint density at radius 3 is 2.55 bits per heavy atom. The molecule has 1 saturated carbocycles. The number of ether oxygens (including phenoxy) is 1. The Bertz CT molecular complexity index is 1020. The first kappa shape index (κ1) is 24.3.